The highest BCUT2D eigenvalue weighted by atomic mass is 35.5. The lowest BCUT2D eigenvalue weighted by atomic mass is 10.1. The maximum atomic E-state index is 13.0. The first-order valence-corrected chi connectivity index (χ1v) is 5.96. The Morgan fingerprint density at radius 3 is 2.33 bits per heavy atom. The van der Waals surface area contributed by atoms with Crippen LogP contribution < -0.4 is 4.90 Å². The van der Waals surface area contributed by atoms with E-state index in [4.69, 9.17) is 11.6 Å². The van der Waals surface area contributed by atoms with Gasteiger partial charge in [0.05, 0.1) is 0 Å². The van der Waals surface area contributed by atoms with Crippen LogP contribution in [0.4, 0.5) is 23.2 Å². The van der Waals surface area contributed by atoms with Crippen LogP contribution in [0.1, 0.15) is 19.4 Å². The van der Waals surface area contributed by atoms with Gasteiger partial charge in [-0.15, -0.1) is 11.6 Å². The van der Waals surface area contributed by atoms with Crippen LogP contribution in [-0.4, -0.2) is 18.8 Å². The molecule has 0 fully saturated rings. The zero-order valence-corrected chi connectivity index (χ0v) is 10.8. The molecule has 0 spiro atoms. The Kier molecular flexibility index (Phi) is 4.85. The Morgan fingerprint density at radius 1 is 1.28 bits per heavy atom. The molecule has 0 aliphatic heterocycles. The van der Waals surface area contributed by atoms with E-state index in [0.717, 1.165) is 17.0 Å². The van der Waals surface area contributed by atoms with E-state index in [0.29, 0.717) is 11.3 Å². The number of anilines is 1. The maximum absolute atomic E-state index is 13.0. The topological polar surface area (TPSA) is 3.24 Å². The Morgan fingerprint density at radius 2 is 1.89 bits per heavy atom. The van der Waals surface area contributed by atoms with Crippen molar-refractivity contribution in [2.45, 2.75) is 31.9 Å². The zero-order chi connectivity index (χ0) is 13.9. The van der Waals surface area contributed by atoms with Crippen molar-refractivity contribution in [2.24, 2.45) is 0 Å². The molecule has 0 saturated carbocycles. The molecular formula is C12H14ClF4N. The second-order valence-corrected chi connectivity index (χ2v) is 4.51. The maximum Gasteiger partial charge on any atom is 0.405 e. The van der Waals surface area contributed by atoms with Crippen LogP contribution in [0.25, 0.3) is 0 Å². The molecule has 1 aromatic rings. The normalized spacial score (nSPS) is 12.0. The summed E-state index contributed by atoms with van der Waals surface area (Å²) in [5.41, 5.74) is 0.674. The molecule has 0 amide bonds. The van der Waals surface area contributed by atoms with E-state index >= 15 is 0 Å². The van der Waals surface area contributed by atoms with E-state index in [1.165, 1.54) is 6.07 Å². The summed E-state index contributed by atoms with van der Waals surface area (Å²) in [6.45, 7) is 2.21. The van der Waals surface area contributed by atoms with Gasteiger partial charge in [0.15, 0.2) is 0 Å². The second-order valence-electron chi connectivity index (χ2n) is 4.24. The van der Waals surface area contributed by atoms with Gasteiger partial charge in [-0.3, -0.25) is 0 Å². The molecule has 0 aromatic heterocycles. The molecule has 0 N–H and O–H groups in total. The third-order valence-corrected chi connectivity index (χ3v) is 2.76. The monoisotopic (exact) mass is 283 g/mol. The molecular weight excluding hydrogens is 270 g/mol. The largest absolute Gasteiger partial charge is 0.405 e. The average Bonchev–Trinajstić information content (AvgIpc) is 2.24. The molecule has 6 heteroatoms. The fourth-order valence-corrected chi connectivity index (χ4v) is 1.89. The minimum Gasteiger partial charge on any atom is -0.360 e. The van der Waals surface area contributed by atoms with Gasteiger partial charge in [-0.1, -0.05) is 0 Å². The van der Waals surface area contributed by atoms with Crippen molar-refractivity contribution < 1.29 is 17.6 Å². The standard InChI is InChI=1S/C12H14ClF4N/c1-8(2)18(7-12(15,16)17)11-4-3-10(14)5-9(11)6-13/h3-5,8H,6-7H2,1-2H3. The molecule has 0 unspecified atom stereocenters. The van der Waals surface area contributed by atoms with Gasteiger partial charge >= 0.3 is 6.18 Å². The van der Waals surface area contributed by atoms with Crippen LogP contribution in [0.3, 0.4) is 0 Å². The smallest absolute Gasteiger partial charge is 0.360 e. The van der Waals surface area contributed by atoms with Crippen molar-refractivity contribution in [3.63, 3.8) is 0 Å². The quantitative estimate of drug-likeness (QED) is 0.587. The number of nitrogens with zero attached hydrogens (tertiary/aromatic N) is 1. The summed E-state index contributed by atoms with van der Waals surface area (Å²) >= 11 is 5.65. The van der Waals surface area contributed by atoms with Gasteiger partial charge in [-0.05, 0) is 37.6 Å². The highest BCUT2D eigenvalue weighted by molar-refractivity contribution is 6.17. The number of alkyl halides is 4. The summed E-state index contributed by atoms with van der Waals surface area (Å²) in [4.78, 5) is 1.16. The van der Waals surface area contributed by atoms with Crippen LogP contribution in [-0.2, 0) is 5.88 Å². The van der Waals surface area contributed by atoms with Crippen LogP contribution >= 0.6 is 11.6 Å². The molecule has 0 aliphatic carbocycles. The lowest BCUT2D eigenvalue weighted by Crippen LogP contribution is -2.39. The number of benzene rings is 1. The average molecular weight is 284 g/mol. The fourth-order valence-electron chi connectivity index (χ4n) is 1.68. The van der Waals surface area contributed by atoms with Gasteiger partial charge in [-0.2, -0.15) is 13.2 Å². The summed E-state index contributed by atoms with van der Waals surface area (Å²) < 4.78 is 50.6. The van der Waals surface area contributed by atoms with Gasteiger partial charge in [0, 0.05) is 17.6 Å². The lowest BCUT2D eigenvalue weighted by molar-refractivity contribution is -0.120. The van der Waals surface area contributed by atoms with E-state index in [1.54, 1.807) is 13.8 Å². The van der Waals surface area contributed by atoms with Crippen molar-refractivity contribution in [1.29, 1.82) is 0 Å². The Balaban J connectivity index is 3.13. The second kappa shape index (κ2) is 5.78. The Labute approximate surface area is 108 Å². The molecule has 1 aromatic carbocycles. The Hall–Kier alpha value is -0.970. The van der Waals surface area contributed by atoms with Crippen LogP contribution in [0, 0.1) is 5.82 Å². The first-order valence-electron chi connectivity index (χ1n) is 5.42. The van der Waals surface area contributed by atoms with Crippen molar-refractivity contribution in [2.75, 3.05) is 11.4 Å². The number of hydrogen-bond acceptors (Lipinski definition) is 1. The summed E-state index contributed by atoms with van der Waals surface area (Å²) in [5.74, 6) is -0.543. The van der Waals surface area contributed by atoms with Crippen molar-refractivity contribution in [3.8, 4) is 0 Å². The van der Waals surface area contributed by atoms with Gasteiger partial charge in [0.25, 0.3) is 0 Å². The van der Waals surface area contributed by atoms with E-state index in [-0.39, 0.29) is 11.9 Å². The van der Waals surface area contributed by atoms with Gasteiger partial charge in [-0.25, -0.2) is 4.39 Å². The molecule has 18 heavy (non-hydrogen) atoms. The van der Waals surface area contributed by atoms with Gasteiger partial charge in [0.1, 0.15) is 12.4 Å². The molecule has 0 saturated heterocycles. The zero-order valence-electron chi connectivity index (χ0n) is 10.1. The highest BCUT2D eigenvalue weighted by Crippen LogP contribution is 2.28. The number of rotatable bonds is 4. The van der Waals surface area contributed by atoms with E-state index in [9.17, 15) is 17.6 Å². The molecule has 0 bridgehead atoms. The van der Waals surface area contributed by atoms with E-state index in [2.05, 4.69) is 0 Å². The first-order chi connectivity index (χ1) is 8.24. The summed E-state index contributed by atoms with van der Waals surface area (Å²) in [6.07, 6.45) is -4.32. The van der Waals surface area contributed by atoms with Crippen molar-refractivity contribution in [3.05, 3.63) is 29.6 Å². The predicted octanol–water partition coefficient (Wildman–Crippen LogP) is 4.34. The first kappa shape index (κ1) is 15.1. The van der Waals surface area contributed by atoms with Crippen LogP contribution in [0.2, 0.25) is 0 Å². The van der Waals surface area contributed by atoms with E-state index in [1.807, 2.05) is 0 Å². The summed E-state index contributed by atoms with van der Waals surface area (Å²) in [7, 11) is 0. The van der Waals surface area contributed by atoms with Gasteiger partial charge < -0.3 is 4.90 Å². The molecule has 1 rings (SSSR count). The molecule has 0 heterocycles. The van der Waals surface area contributed by atoms with Gasteiger partial charge in [0.2, 0.25) is 0 Å². The predicted molar refractivity (Wildman–Crippen MR) is 64.5 cm³/mol. The van der Waals surface area contributed by atoms with Crippen molar-refractivity contribution >= 4 is 17.3 Å². The molecule has 0 radical (unpaired) electrons. The molecule has 0 aliphatic rings. The molecule has 102 valence electrons. The Bertz CT molecular complexity index is 404. The van der Waals surface area contributed by atoms with E-state index < -0.39 is 18.5 Å². The third kappa shape index (κ3) is 4.05. The minimum atomic E-state index is -4.32. The van der Waals surface area contributed by atoms with Crippen LogP contribution in [0.5, 0.6) is 0 Å². The minimum absolute atomic E-state index is 0.0336. The van der Waals surface area contributed by atoms with Crippen molar-refractivity contribution in [1.82, 2.24) is 0 Å². The number of halogens is 5. The summed E-state index contributed by atoms with van der Waals surface area (Å²) in [6, 6.07) is 3.27. The number of hydrogen-bond donors (Lipinski definition) is 0. The molecule has 0 atom stereocenters. The lowest BCUT2D eigenvalue weighted by Gasteiger charge is -2.31. The third-order valence-electron chi connectivity index (χ3n) is 2.47. The SMILES string of the molecule is CC(C)N(CC(F)(F)F)c1ccc(F)cc1CCl. The molecule has 1 nitrogen and oxygen atoms in total. The fraction of sp³-hybridized carbons (Fsp3) is 0.500. The highest BCUT2D eigenvalue weighted by Gasteiger charge is 2.32. The van der Waals surface area contributed by atoms with Crippen LogP contribution in [0.15, 0.2) is 18.2 Å². The summed E-state index contributed by atoms with van der Waals surface area (Å²) in [5, 5.41) is 0.